The van der Waals surface area contributed by atoms with Gasteiger partial charge in [-0.1, -0.05) is 66.2 Å². The molecule has 0 aliphatic carbocycles. The molecular weight excluding hydrogens is 596 g/mol. The third-order valence-electron chi connectivity index (χ3n) is 7.39. The smallest absolute Gasteiger partial charge is 0.335 e. The van der Waals surface area contributed by atoms with E-state index in [0.717, 1.165) is 32.4 Å². The van der Waals surface area contributed by atoms with E-state index in [-0.39, 0.29) is 16.7 Å². The minimum absolute atomic E-state index is 0.0157. The molecular formula is C35H25ClN2O5S. The summed E-state index contributed by atoms with van der Waals surface area (Å²) in [6.45, 7) is 0.425. The fraction of sp³-hybridized carbons (Fsp3) is 0.0571. The van der Waals surface area contributed by atoms with Crippen LogP contribution in [-0.2, 0) is 12.3 Å². The Hall–Kier alpha value is -5.05. The number of hydrogen-bond acceptors (Lipinski definition) is 4. The number of benzene rings is 5. The zero-order valence-corrected chi connectivity index (χ0v) is 24.7. The number of hydrogen-bond donors (Lipinski definition) is 3. The number of rotatable bonds is 9. The largest absolute Gasteiger partial charge is 0.478 e. The van der Waals surface area contributed by atoms with Crippen LogP contribution < -0.4 is 5.32 Å². The Morgan fingerprint density at radius 1 is 0.727 bits per heavy atom. The summed E-state index contributed by atoms with van der Waals surface area (Å²) in [5.41, 5.74) is 3.45. The standard InChI is InChI=1S/C35H25ClN2O5S/c36-32-30(20-44-27-16-15-22-5-1-2-6-24(22)18-27)38(19-21-11-13-23(14-12-21)34(40)41)29-10-4-9-28(31(29)32)37-33(39)25-7-3-8-26(17-25)35(42)43/h1-18H,19-20H2,(H,37,39)(H,40,41)(H,42,43). The van der Waals surface area contributed by atoms with E-state index >= 15 is 0 Å². The number of carbonyl (C=O) groups is 3. The molecule has 0 saturated carbocycles. The first-order chi connectivity index (χ1) is 21.3. The maximum absolute atomic E-state index is 13.2. The van der Waals surface area contributed by atoms with Crippen LogP contribution in [0.4, 0.5) is 5.69 Å². The average molecular weight is 621 g/mol. The number of halogens is 1. The van der Waals surface area contributed by atoms with Gasteiger partial charge in [0.15, 0.2) is 0 Å². The third-order valence-corrected chi connectivity index (χ3v) is 8.80. The van der Waals surface area contributed by atoms with E-state index in [1.807, 2.05) is 24.3 Å². The summed E-state index contributed by atoms with van der Waals surface area (Å²) in [5, 5.41) is 25.1. The van der Waals surface area contributed by atoms with Crippen LogP contribution in [0, 0.1) is 0 Å². The molecule has 0 atom stereocenters. The summed E-state index contributed by atoms with van der Waals surface area (Å²) in [4.78, 5) is 37.1. The molecule has 6 aromatic rings. The summed E-state index contributed by atoms with van der Waals surface area (Å²) >= 11 is 8.76. The Bertz CT molecular complexity index is 2070. The molecule has 0 saturated heterocycles. The second kappa shape index (κ2) is 12.3. The summed E-state index contributed by atoms with van der Waals surface area (Å²) in [7, 11) is 0. The van der Waals surface area contributed by atoms with Gasteiger partial charge >= 0.3 is 11.9 Å². The number of fused-ring (bicyclic) bond motifs is 2. The van der Waals surface area contributed by atoms with Gasteiger partial charge in [0.25, 0.3) is 5.91 Å². The lowest BCUT2D eigenvalue weighted by Crippen LogP contribution is -2.13. The van der Waals surface area contributed by atoms with Crippen LogP contribution in [-0.4, -0.2) is 32.6 Å². The molecule has 3 N–H and O–H groups in total. The van der Waals surface area contributed by atoms with Gasteiger partial charge in [-0.25, -0.2) is 9.59 Å². The average Bonchev–Trinajstić information content (AvgIpc) is 3.30. The lowest BCUT2D eigenvalue weighted by Gasteiger charge is -2.12. The lowest BCUT2D eigenvalue weighted by atomic mass is 10.1. The van der Waals surface area contributed by atoms with Gasteiger partial charge in [0, 0.05) is 33.8 Å². The number of nitrogens with one attached hydrogen (secondary N) is 1. The van der Waals surface area contributed by atoms with Gasteiger partial charge < -0.3 is 20.1 Å². The van der Waals surface area contributed by atoms with Crippen molar-refractivity contribution in [2.45, 2.75) is 17.2 Å². The van der Waals surface area contributed by atoms with Gasteiger partial charge in [0.2, 0.25) is 0 Å². The summed E-state index contributed by atoms with van der Waals surface area (Å²) in [6.07, 6.45) is 0. The number of amides is 1. The SMILES string of the molecule is O=C(O)c1ccc(Cn2c(CSc3ccc4ccccc4c3)c(Cl)c3c(NC(=O)c4cccc(C(=O)O)c4)cccc32)cc1. The number of carboxylic acids is 2. The van der Waals surface area contributed by atoms with E-state index in [9.17, 15) is 24.6 Å². The fourth-order valence-corrected chi connectivity index (χ4v) is 6.59. The van der Waals surface area contributed by atoms with Crippen LogP contribution in [0.1, 0.15) is 42.3 Å². The molecule has 0 bridgehead atoms. The van der Waals surface area contributed by atoms with Crippen LogP contribution in [0.3, 0.4) is 0 Å². The molecule has 0 aliphatic rings. The maximum Gasteiger partial charge on any atom is 0.335 e. The minimum atomic E-state index is -1.12. The predicted molar refractivity (Wildman–Crippen MR) is 174 cm³/mol. The van der Waals surface area contributed by atoms with Crippen molar-refractivity contribution >= 4 is 68.6 Å². The summed E-state index contributed by atoms with van der Waals surface area (Å²) in [5.74, 6) is -2.03. The summed E-state index contributed by atoms with van der Waals surface area (Å²) < 4.78 is 2.09. The molecule has 218 valence electrons. The van der Waals surface area contributed by atoms with E-state index in [4.69, 9.17) is 11.6 Å². The summed E-state index contributed by atoms with van der Waals surface area (Å²) in [6, 6.07) is 32.5. The Labute approximate surface area is 261 Å². The number of anilines is 1. The highest BCUT2D eigenvalue weighted by Crippen LogP contribution is 2.39. The molecule has 5 aromatic carbocycles. The van der Waals surface area contributed by atoms with Crippen LogP contribution >= 0.6 is 23.4 Å². The molecule has 0 unspecified atom stereocenters. The van der Waals surface area contributed by atoms with E-state index in [0.29, 0.717) is 28.4 Å². The highest BCUT2D eigenvalue weighted by Gasteiger charge is 2.21. The van der Waals surface area contributed by atoms with Crippen molar-refractivity contribution < 1.29 is 24.6 Å². The van der Waals surface area contributed by atoms with Crippen molar-refractivity contribution in [3.05, 3.63) is 142 Å². The minimum Gasteiger partial charge on any atom is -0.478 e. The molecule has 0 fully saturated rings. The predicted octanol–water partition coefficient (Wildman–Crippen LogP) is 8.44. The first-order valence-corrected chi connectivity index (χ1v) is 15.0. The first kappa shape index (κ1) is 29.0. The number of carboxylic acid groups (broad SMARTS) is 2. The maximum atomic E-state index is 13.2. The number of aromatic nitrogens is 1. The number of thioether (sulfide) groups is 1. The topological polar surface area (TPSA) is 109 Å². The van der Waals surface area contributed by atoms with Crippen LogP contribution in [0.15, 0.2) is 114 Å². The van der Waals surface area contributed by atoms with E-state index in [2.05, 4.69) is 40.2 Å². The Balaban J connectivity index is 1.39. The lowest BCUT2D eigenvalue weighted by molar-refractivity contribution is 0.0686. The highest BCUT2D eigenvalue weighted by atomic mass is 35.5. The highest BCUT2D eigenvalue weighted by molar-refractivity contribution is 7.98. The molecule has 0 spiro atoms. The zero-order valence-electron chi connectivity index (χ0n) is 23.2. The molecule has 6 rings (SSSR count). The molecule has 1 aromatic heterocycles. The van der Waals surface area contributed by atoms with Gasteiger partial charge in [-0.3, -0.25) is 4.79 Å². The second-order valence-electron chi connectivity index (χ2n) is 10.2. The van der Waals surface area contributed by atoms with Gasteiger partial charge in [-0.15, -0.1) is 11.8 Å². The van der Waals surface area contributed by atoms with Crippen molar-refractivity contribution in [1.29, 1.82) is 0 Å². The molecule has 1 amide bonds. The Kier molecular flexibility index (Phi) is 8.11. The second-order valence-corrected chi connectivity index (χ2v) is 11.6. The third kappa shape index (κ3) is 5.90. The first-order valence-electron chi connectivity index (χ1n) is 13.7. The molecule has 0 aliphatic heterocycles. The van der Waals surface area contributed by atoms with Crippen molar-refractivity contribution in [3.63, 3.8) is 0 Å². The van der Waals surface area contributed by atoms with Gasteiger partial charge in [-0.2, -0.15) is 0 Å². The van der Waals surface area contributed by atoms with E-state index in [1.165, 1.54) is 18.2 Å². The Morgan fingerprint density at radius 2 is 1.43 bits per heavy atom. The van der Waals surface area contributed by atoms with Gasteiger partial charge in [0.05, 0.1) is 27.4 Å². The molecule has 1 heterocycles. The van der Waals surface area contributed by atoms with E-state index in [1.54, 1.807) is 48.2 Å². The molecule has 44 heavy (non-hydrogen) atoms. The zero-order chi connectivity index (χ0) is 30.8. The quantitative estimate of drug-likeness (QED) is 0.140. The van der Waals surface area contributed by atoms with Crippen LogP contribution in [0.2, 0.25) is 5.02 Å². The number of nitrogens with zero attached hydrogens (tertiary/aromatic N) is 1. The molecule has 7 nitrogen and oxygen atoms in total. The van der Waals surface area contributed by atoms with Crippen molar-refractivity contribution in [2.75, 3.05) is 5.32 Å². The normalized spacial score (nSPS) is 11.1. The fourth-order valence-electron chi connectivity index (χ4n) is 5.16. The van der Waals surface area contributed by atoms with Crippen molar-refractivity contribution in [3.8, 4) is 0 Å². The Morgan fingerprint density at radius 3 is 2.18 bits per heavy atom. The van der Waals surface area contributed by atoms with Crippen molar-refractivity contribution in [1.82, 2.24) is 4.57 Å². The molecule has 0 radical (unpaired) electrons. The molecule has 9 heteroatoms. The van der Waals surface area contributed by atoms with Crippen LogP contribution in [0.25, 0.3) is 21.7 Å². The number of aromatic carboxylic acids is 2. The van der Waals surface area contributed by atoms with Crippen molar-refractivity contribution in [2.24, 2.45) is 0 Å². The number of carbonyl (C=O) groups excluding carboxylic acids is 1. The monoisotopic (exact) mass is 620 g/mol. The van der Waals surface area contributed by atoms with Crippen LogP contribution in [0.5, 0.6) is 0 Å². The van der Waals surface area contributed by atoms with Gasteiger partial charge in [-0.05, 0) is 70.9 Å². The van der Waals surface area contributed by atoms with Gasteiger partial charge in [0.1, 0.15) is 0 Å². The van der Waals surface area contributed by atoms with E-state index < -0.39 is 17.8 Å².